The lowest BCUT2D eigenvalue weighted by Gasteiger charge is -2.15. The zero-order chi connectivity index (χ0) is 10.3. The Kier molecular flexibility index (Phi) is 1.98. The van der Waals surface area contributed by atoms with Crippen LogP contribution in [0.2, 0.25) is 0 Å². The predicted octanol–water partition coefficient (Wildman–Crippen LogP) is 2.19. The van der Waals surface area contributed by atoms with E-state index in [-0.39, 0.29) is 17.8 Å². The summed E-state index contributed by atoms with van der Waals surface area (Å²) in [6.07, 6.45) is 1.35. The monoisotopic (exact) mass is 198 g/mol. The Morgan fingerprint density at radius 3 is 2.71 bits per heavy atom. The molecule has 4 heteroatoms. The molecule has 1 aliphatic rings. The normalized spacial score (nSPS) is 15.4. The maximum absolute atomic E-state index is 13.3. The average Bonchev–Trinajstić information content (AvgIpc) is 2.14. The maximum Gasteiger partial charge on any atom is 0.188 e. The molecule has 0 radical (unpaired) electrons. The van der Waals surface area contributed by atoms with Crippen LogP contribution in [0.3, 0.4) is 0 Å². The minimum absolute atomic E-state index is 0.143. The first-order valence-corrected chi connectivity index (χ1v) is 4.34. The Balaban J connectivity index is 2.70. The van der Waals surface area contributed by atoms with Crippen LogP contribution >= 0.6 is 0 Å². The number of hydrogen-bond donors (Lipinski definition) is 1. The maximum atomic E-state index is 13.3. The van der Waals surface area contributed by atoms with E-state index in [2.05, 4.69) is 0 Å². The lowest BCUT2D eigenvalue weighted by molar-refractivity contribution is 0.0967. The van der Waals surface area contributed by atoms with Crippen molar-refractivity contribution in [3.8, 4) is 5.75 Å². The molecule has 0 saturated heterocycles. The summed E-state index contributed by atoms with van der Waals surface area (Å²) in [6, 6.07) is 1.03. The van der Waals surface area contributed by atoms with Crippen molar-refractivity contribution >= 4 is 5.78 Å². The molecule has 1 N–H and O–H groups in total. The molecule has 0 spiro atoms. The van der Waals surface area contributed by atoms with E-state index in [0.29, 0.717) is 18.4 Å². The molecular formula is C10H8F2O2. The number of aryl methyl sites for hydroxylation is 1. The lowest BCUT2D eigenvalue weighted by Crippen LogP contribution is -2.13. The Hall–Kier alpha value is -1.45. The first-order chi connectivity index (χ1) is 6.61. The van der Waals surface area contributed by atoms with Gasteiger partial charge in [-0.05, 0) is 24.5 Å². The Bertz CT molecular complexity index is 413. The van der Waals surface area contributed by atoms with E-state index in [0.717, 1.165) is 6.07 Å². The van der Waals surface area contributed by atoms with E-state index < -0.39 is 17.4 Å². The summed E-state index contributed by atoms with van der Waals surface area (Å²) in [5.41, 5.74) is 0.212. The zero-order valence-electron chi connectivity index (χ0n) is 7.31. The molecule has 2 rings (SSSR count). The van der Waals surface area contributed by atoms with E-state index in [4.69, 9.17) is 5.11 Å². The van der Waals surface area contributed by atoms with Crippen LogP contribution in [0.15, 0.2) is 6.07 Å². The van der Waals surface area contributed by atoms with Crippen LogP contribution in [0.5, 0.6) is 5.75 Å². The summed E-state index contributed by atoms with van der Waals surface area (Å²) in [6.45, 7) is 0. The van der Waals surface area contributed by atoms with Gasteiger partial charge >= 0.3 is 0 Å². The van der Waals surface area contributed by atoms with Gasteiger partial charge in [-0.15, -0.1) is 0 Å². The van der Waals surface area contributed by atoms with E-state index in [1.165, 1.54) is 0 Å². The molecular weight excluding hydrogens is 190 g/mol. The number of phenols is 1. The molecule has 0 amide bonds. The molecule has 0 unspecified atom stereocenters. The van der Waals surface area contributed by atoms with Gasteiger partial charge in [0.25, 0.3) is 0 Å². The van der Waals surface area contributed by atoms with Crippen molar-refractivity contribution < 1.29 is 18.7 Å². The van der Waals surface area contributed by atoms with Crippen LogP contribution in [0.4, 0.5) is 8.78 Å². The molecule has 0 bridgehead atoms. The molecule has 0 atom stereocenters. The second kappa shape index (κ2) is 3.04. The first-order valence-electron chi connectivity index (χ1n) is 4.34. The summed E-state index contributed by atoms with van der Waals surface area (Å²) in [5, 5.41) is 8.98. The zero-order valence-corrected chi connectivity index (χ0v) is 7.31. The third kappa shape index (κ3) is 1.18. The van der Waals surface area contributed by atoms with Crippen molar-refractivity contribution in [2.45, 2.75) is 19.3 Å². The summed E-state index contributed by atoms with van der Waals surface area (Å²) in [5.74, 6) is -3.54. The fourth-order valence-corrected chi connectivity index (χ4v) is 1.72. The van der Waals surface area contributed by atoms with E-state index in [1.807, 2.05) is 0 Å². The number of phenolic OH excluding ortho intramolecular Hbond substituents is 1. The third-order valence-electron chi connectivity index (χ3n) is 2.40. The molecule has 0 heterocycles. The quantitative estimate of drug-likeness (QED) is 0.693. The minimum atomic E-state index is -1.12. The smallest absolute Gasteiger partial charge is 0.188 e. The topological polar surface area (TPSA) is 37.3 Å². The molecule has 0 aromatic heterocycles. The van der Waals surface area contributed by atoms with Gasteiger partial charge in [0.05, 0.1) is 5.56 Å². The van der Waals surface area contributed by atoms with Gasteiger partial charge in [0.1, 0.15) is 0 Å². The molecule has 1 aromatic rings. The van der Waals surface area contributed by atoms with Crippen molar-refractivity contribution in [3.05, 3.63) is 28.8 Å². The summed E-state index contributed by atoms with van der Waals surface area (Å²) in [4.78, 5) is 11.3. The van der Waals surface area contributed by atoms with Crippen LogP contribution in [-0.2, 0) is 6.42 Å². The number of carbonyl (C=O) groups is 1. The highest BCUT2D eigenvalue weighted by Crippen LogP contribution is 2.31. The first kappa shape index (κ1) is 9.12. The molecule has 0 fully saturated rings. The largest absolute Gasteiger partial charge is 0.503 e. The molecule has 0 aliphatic heterocycles. The number of carbonyl (C=O) groups excluding carboxylic acids is 1. The highest BCUT2D eigenvalue weighted by molar-refractivity contribution is 5.99. The highest BCUT2D eigenvalue weighted by atomic mass is 19.1. The van der Waals surface area contributed by atoms with Crippen molar-refractivity contribution in [2.24, 2.45) is 0 Å². The number of benzene rings is 1. The van der Waals surface area contributed by atoms with Gasteiger partial charge in [0.15, 0.2) is 23.2 Å². The Labute approximate surface area is 79.2 Å². The van der Waals surface area contributed by atoms with Crippen LogP contribution in [0.25, 0.3) is 0 Å². The molecule has 1 aliphatic carbocycles. The van der Waals surface area contributed by atoms with Crippen LogP contribution < -0.4 is 0 Å². The molecule has 1 aromatic carbocycles. The van der Waals surface area contributed by atoms with E-state index in [1.54, 1.807) is 0 Å². The SMILES string of the molecule is O=C1CCCc2cc(F)c(O)c(F)c21. The highest BCUT2D eigenvalue weighted by Gasteiger charge is 2.25. The van der Waals surface area contributed by atoms with Crippen molar-refractivity contribution in [2.75, 3.05) is 0 Å². The Morgan fingerprint density at radius 1 is 1.29 bits per heavy atom. The number of halogens is 2. The second-order valence-corrected chi connectivity index (χ2v) is 3.33. The minimum Gasteiger partial charge on any atom is -0.503 e. The molecule has 74 valence electrons. The fraction of sp³-hybridized carbons (Fsp3) is 0.300. The van der Waals surface area contributed by atoms with Gasteiger partial charge < -0.3 is 5.11 Å². The number of aromatic hydroxyl groups is 1. The van der Waals surface area contributed by atoms with Crippen LogP contribution in [0.1, 0.15) is 28.8 Å². The van der Waals surface area contributed by atoms with Gasteiger partial charge in [-0.2, -0.15) is 0 Å². The molecule has 2 nitrogen and oxygen atoms in total. The molecule has 14 heavy (non-hydrogen) atoms. The number of rotatable bonds is 0. The summed E-state index contributed by atoms with van der Waals surface area (Å²) in [7, 11) is 0. The fourth-order valence-electron chi connectivity index (χ4n) is 1.72. The second-order valence-electron chi connectivity index (χ2n) is 3.33. The number of fused-ring (bicyclic) bond motifs is 1. The van der Waals surface area contributed by atoms with Gasteiger partial charge in [-0.3, -0.25) is 4.79 Å². The Morgan fingerprint density at radius 2 is 2.00 bits per heavy atom. The summed E-state index contributed by atoms with van der Waals surface area (Å²) < 4.78 is 26.2. The van der Waals surface area contributed by atoms with Crippen molar-refractivity contribution in [1.29, 1.82) is 0 Å². The van der Waals surface area contributed by atoms with Crippen molar-refractivity contribution in [3.63, 3.8) is 0 Å². The van der Waals surface area contributed by atoms with Gasteiger partial charge in [-0.25, -0.2) is 8.78 Å². The van der Waals surface area contributed by atoms with Gasteiger partial charge in [-0.1, -0.05) is 0 Å². The molecule has 0 saturated carbocycles. The van der Waals surface area contributed by atoms with Crippen LogP contribution in [-0.4, -0.2) is 10.9 Å². The number of hydrogen-bond acceptors (Lipinski definition) is 2. The van der Waals surface area contributed by atoms with Gasteiger partial charge in [0, 0.05) is 6.42 Å². The van der Waals surface area contributed by atoms with Crippen LogP contribution in [0, 0.1) is 11.6 Å². The average molecular weight is 198 g/mol. The summed E-state index contributed by atoms with van der Waals surface area (Å²) >= 11 is 0. The third-order valence-corrected chi connectivity index (χ3v) is 2.40. The predicted molar refractivity (Wildman–Crippen MR) is 45.3 cm³/mol. The standard InChI is InChI=1S/C10H8F2O2/c11-6-4-5-2-1-3-7(13)8(5)9(12)10(6)14/h4,14H,1-3H2. The van der Waals surface area contributed by atoms with E-state index in [9.17, 15) is 13.6 Å². The van der Waals surface area contributed by atoms with Crippen molar-refractivity contribution in [1.82, 2.24) is 0 Å². The lowest BCUT2D eigenvalue weighted by atomic mass is 9.90. The van der Waals surface area contributed by atoms with E-state index >= 15 is 0 Å². The number of Topliss-reactive ketones (excluding diaryl/α,β-unsaturated/α-hetero) is 1. The number of ketones is 1. The van der Waals surface area contributed by atoms with Gasteiger partial charge in [0.2, 0.25) is 0 Å².